The van der Waals surface area contributed by atoms with E-state index < -0.39 is 0 Å². The van der Waals surface area contributed by atoms with Crippen LogP contribution in [-0.4, -0.2) is 18.5 Å². The number of carbonyl (C=O) groups is 1. The maximum atomic E-state index is 10.9. The van der Waals surface area contributed by atoms with Gasteiger partial charge in [-0.15, -0.1) is 11.6 Å². The zero-order valence-electron chi connectivity index (χ0n) is 11.3. The van der Waals surface area contributed by atoms with Gasteiger partial charge in [-0.1, -0.05) is 45.4 Å². The van der Waals surface area contributed by atoms with Gasteiger partial charge in [0.05, 0.1) is 7.11 Å². The summed E-state index contributed by atoms with van der Waals surface area (Å²) in [6, 6.07) is 0. The fourth-order valence-electron chi connectivity index (χ4n) is 1.86. The predicted molar refractivity (Wildman–Crippen MR) is 73.5 cm³/mol. The highest BCUT2D eigenvalue weighted by Gasteiger charge is 2.06. The average molecular weight is 263 g/mol. The van der Waals surface area contributed by atoms with Gasteiger partial charge in [-0.2, -0.15) is 0 Å². The van der Waals surface area contributed by atoms with Gasteiger partial charge in [-0.3, -0.25) is 4.79 Å². The number of methoxy groups -OCH3 is 1. The number of hydrogen-bond donors (Lipinski definition) is 0. The maximum Gasteiger partial charge on any atom is 0.305 e. The monoisotopic (exact) mass is 262 g/mol. The Morgan fingerprint density at radius 3 is 2.29 bits per heavy atom. The third kappa shape index (κ3) is 12.0. The van der Waals surface area contributed by atoms with E-state index in [2.05, 4.69) is 11.7 Å². The zero-order valence-corrected chi connectivity index (χ0v) is 12.1. The second-order valence-corrected chi connectivity index (χ2v) is 5.24. The number of halogens is 1. The lowest BCUT2D eigenvalue weighted by Crippen LogP contribution is -2.03. The third-order valence-corrected chi connectivity index (χ3v) is 3.43. The molecule has 0 aliphatic heterocycles. The van der Waals surface area contributed by atoms with Crippen molar-refractivity contribution in [2.45, 2.75) is 76.5 Å². The number of ether oxygens (including phenoxy) is 1. The molecule has 1 atom stereocenters. The lowest BCUT2D eigenvalue weighted by molar-refractivity contribution is -0.140. The van der Waals surface area contributed by atoms with E-state index in [1.807, 2.05) is 0 Å². The molecule has 3 heteroatoms. The molecule has 0 amide bonds. The van der Waals surface area contributed by atoms with Crippen LogP contribution in [0.4, 0.5) is 0 Å². The van der Waals surface area contributed by atoms with Gasteiger partial charge < -0.3 is 4.74 Å². The van der Waals surface area contributed by atoms with Crippen molar-refractivity contribution in [2.24, 2.45) is 0 Å². The van der Waals surface area contributed by atoms with E-state index in [-0.39, 0.29) is 11.3 Å². The summed E-state index contributed by atoms with van der Waals surface area (Å²) in [5.41, 5.74) is 0. The van der Waals surface area contributed by atoms with Gasteiger partial charge in [0.1, 0.15) is 0 Å². The normalized spacial score (nSPS) is 12.4. The lowest BCUT2D eigenvalue weighted by Gasteiger charge is -2.08. The van der Waals surface area contributed by atoms with Crippen LogP contribution >= 0.6 is 11.6 Å². The molecule has 0 N–H and O–H groups in total. The summed E-state index contributed by atoms with van der Waals surface area (Å²) >= 11 is 6.20. The fraction of sp³-hybridized carbons (Fsp3) is 0.929. The highest BCUT2D eigenvalue weighted by atomic mass is 35.5. The molecule has 0 aliphatic rings. The van der Waals surface area contributed by atoms with Crippen LogP contribution in [0.15, 0.2) is 0 Å². The van der Waals surface area contributed by atoms with Crippen molar-refractivity contribution >= 4 is 17.6 Å². The first-order chi connectivity index (χ1) is 8.20. The van der Waals surface area contributed by atoms with Crippen molar-refractivity contribution in [1.29, 1.82) is 0 Å². The van der Waals surface area contributed by atoms with E-state index in [4.69, 9.17) is 11.6 Å². The number of esters is 1. The van der Waals surface area contributed by atoms with Crippen LogP contribution < -0.4 is 0 Å². The molecule has 0 aromatic rings. The van der Waals surface area contributed by atoms with E-state index in [1.165, 1.54) is 45.6 Å². The molecule has 0 aliphatic carbocycles. The molecule has 2 nitrogen and oxygen atoms in total. The minimum Gasteiger partial charge on any atom is -0.469 e. The van der Waals surface area contributed by atoms with Crippen molar-refractivity contribution in [3.63, 3.8) is 0 Å². The Morgan fingerprint density at radius 1 is 1.06 bits per heavy atom. The SMILES string of the molecule is CCCCCCCCC(Cl)CCCC(=O)OC. The van der Waals surface area contributed by atoms with E-state index in [9.17, 15) is 4.79 Å². The quantitative estimate of drug-likeness (QED) is 0.307. The number of carbonyl (C=O) groups excluding carboxylic acids is 1. The first-order valence-corrected chi connectivity index (χ1v) is 7.35. The Labute approximate surface area is 111 Å². The molecule has 0 rings (SSSR count). The molecule has 0 saturated carbocycles. The van der Waals surface area contributed by atoms with Crippen LogP contribution in [0.2, 0.25) is 0 Å². The summed E-state index contributed by atoms with van der Waals surface area (Å²) in [7, 11) is 1.43. The van der Waals surface area contributed by atoms with Crippen LogP contribution in [0.1, 0.15) is 71.1 Å². The van der Waals surface area contributed by atoms with Crippen molar-refractivity contribution in [2.75, 3.05) is 7.11 Å². The molecular formula is C14H27ClO2. The van der Waals surface area contributed by atoms with Crippen molar-refractivity contribution in [3.8, 4) is 0 Å². The van der Waals surface area contributed by atoms with E-state index >= 15 is 0 Å². The summed E-state index contributed by atoms with van der Waals surface area (Å²) in [5.74, 6) is -0.131. The molecule has 0 aromatic carbocycles. The van der Waals surface area contributed by atoms with Gasteiger partial charge in [0.25, 0.3) is 0 Å². The topological polar surface area (TPSA) is 26.3 Å². The molecule has 0 fully saturated rings. The van der Waals surface area contributed by atoms with Crippen LogP contribution in [0.25, 0.3) is 0 Å². The average Bonchev–Trinajstić information content (AvgIpc) is 2.33. The number of hydrogen-bond acceptors (Lipinski definition) is 2. The van der Waals surface area contributed by atoms with Gasteiger partial charge >= 0.3 is 5.97 Å². The van der Waals surface area contributed by atoms with Gasteiger partial charge in [0, 0.05) is 11.8 Å². The summed E-state index contributed by atoms with van der Waals surface area (Å²) in [5, 5.41) is 0.228. The summed E-state index contributed by atoms with van der Waals surface area (Å²) in [6.07, 6.45) is 11.2. The molecule has 0 spiro atoms. The van der Waals surface area contributed by atoms with Crippen molar-refractivity contribution in [1.82, 2.24) is 0 Å². The standard InChI is InChI=1S/C14H27ClO2/c1-3-4-5-6-7-8-10-13(15)11-9-12-14(16)17-2/h13H,3-12H2,1-2H3. The van der Waals surface area contributed by atoms with Gasteiger partial charge in [0.2, 0.25) is 0 Å². The molecule has 0 heterocycles. The van der Waals surface area contributed by atoms with Crippen LogP contribution in [0, 0.1) is 0 Å². The van der Waals surface area contributed by atoms with E-state index in [0.29, 0.717) is 6.42 Å². The van der Waals surface area contributed by atoms with Crippen LogP contribution in [-0.2, 0) is 9.53 Å². The highest BCUT2D eigenvalue weighted by Crippen LogP contribution is 2.16. The van der Waals surface area contributed by atoms with E-state index in [0.717, 1.165) is 19.3 Å². The maximum absolute atomic E-state index is 10.9. The Kier molecular flexibility index (Phi) is 12.1. The molecule has 0 bridgehead atoms. The predicted octanol–water partition coefficient (Wildman–Crippen LogP) is 4.69. The van der Waals surface area contributed by atoms with Crippen molar-refractivity contribution < 1.29 is 9.53 Å². The Balaban J connectivity index is 3.23. The van der Waals surface area contributed by atoms with E-state index in [1.54, 1.807) is 0 Å². The Bertz CT molecular complexity index is 183. The minimum absolute atomic E-state index is 0.131. The lowest BCUT2D eigenvalue weighted by atomic mass is 10.1. The minimum atomic E-state index is -0.131. The molecular weight excluding hydrogens is 236 g/mol. The van der Waals surface area contributed by atoms with Crippen molar-refractivity contribution in [3.05, 3.63) is 0 Å². The first kappa shape index (κ1) is 16.8. The second-order valence-electron chi connectivity index (χ2n) is 4.62. The Hall–Kier alpha value is -0.240. The molecule has 1 unspecified atom stereocenters. The molecule has 0 radical (unpaired) electrons. The number of rotatable bonds is 11. The third-order valence-electron chi connectivity index (χ3n) is 3.00. The zero-order chi connectivity index (χ0) is 12.9. The summed E-state index contributed by atoms with van der Waals surface area (Å²) in [4.78, 5) is 10.9. The van der Waals surface area contributed by atoms with Gasteiger partial charge in [-0.05, 0) is 19.3 Å². The van der Waals surface area contributed by atoms with Gasteiger partial charge in [0.15, 0.2) is 0 Å². The highest BCUT2D eigenvalue weighted by molar-refractivity contribution is 6.20. The van der Waals surface area contributed by atoms with Crippen LogP contribution in [0.5, 0.6) is 0 Å². The number of unbranched alkanes of at least 4 members (excludes halogenated alkanes) is 5. The Morgan fingerprint density at radius 2 is 1.65 bits per heavy atom. The summed E-state index contributed by atoms with van der Waals surface area (Å²) < 4.78 is 4.59. The van der Waals surface area contributed by atoms with Crippen LogP contribution in [0.3, 0.4) is 0 Å². The molecule has 17 heavy (non-hydrogen) atoms. The smallest absolute Gasteiger partial charge is 0.305 e. The van der Waals surface area contributed by atoms with Gasteiger partial charge in [-0.25, -0.2) is 0 Å². The molecule has 0 saturated heterocycles. The number of alkyl halides is 1. The fourth-order valence-corrected chi connectivity index (χ4v) is 2.17. The summed E-state index contributed by atoms with van der Waals surface area (Å²) in [6.45, 7) is 2.23. The molecule has 0 aromatic heterocycles. The molecule has 102 valence electrons. The largest absolute Gasteiger partial charge is 0.469 e. The second kappa shape index (κ2) is 12.2. The first-order valence-electron chi connectivity index (χ1n) is 6.91.